The molecule has 1 aromatic rings. The standard InChI is InChI=1S/C12H18BrNS/c1-10(2)14-8-5-3-4-6-12-11(13)7-9-15-12/h3-4,7,9-10,14H,5-6,8H2,1-2H3. The minimum absolute atomic E-state index is 0.588. The van der Waals surface area contributed by atoms with Gasteiger partial charge in [-0.25, -0.2) is 0 Å². The molecule has 1 N–H and O–H groups in total. The summed E-state index contributed by atoms with van der Waals surface area (Å²) in [4.78, 5) is 1.41. The zero-order valence-corrected chi connectivity index (χ0v) is 11.7. The molecule has 0 aliphatic rings. The van der Waals surface area contributed by atoms with Gasteiger partial charge in [0, 0.05) is 21.8 Å². The summed E-state index contributed by atoms with van der Waals surface area (Å²) in [6.07, 6.45) is 6.65. The molecule has 3 heteroatoms. The lowest BCUT2D eigenvalue weighted by molar-refractivity contribution is 0.594. The van der Waals surface area contributed by atoms with Gasteiger partial charge < -0.3 is 5.32 Å². The van der Waals surface area contributed by atoms with Gasteiger partial charge in [-0.1, -0.05) is 26.0 Å². The number of thiophene rings is 1. The molecule has 1 heterocycles. The molecule has 0 fully saturated rings. The molecule has 0 spiro atoms. The van der Waals surface area contributed by atoms with Gasteiger partial charge in [-0.2, -0.15) is 0 Å². The predicted molar refractivity (Wildman–Crippen MR) is 72.6 cm³/mol. The fourth-order valence-corrected chi connectivity index (χ4v) is 2.73. The number of allylic oxidation sites excluding steroid dienone is 1. The molecular formula is C12H18BrNS. The van der Waals surface area contributed by atoms with E-state index in [1.165, 1.54) is 9.35 Å². The van der Waals surface area contributed by atoms with E-state index in [0.717, 1.165) is 19.4 Å². The largest absolute Gasteiger partial charge is 0.314 e. The topological polar surface area (TPSA) is 12.0 Å². The van der Waals surface area contributed by atoms with Gasteiger partial charge in [0.1, 0.15) is 0 Å². The van der Waals surface area contributed by atoms with Crippen LogP contribution in [-0.4, -0.2) is 12.6 Å². The Morgan fingerprint density at radius 3 is 2.87 bits per heavy atom. The monoisotopic (exact) mass is 287 g/mol. The van der Waals surface area contributed by atoms with Gasteiger partial charge >= 0.3 is 0 Å². The van der Waals surface area contributed by atoms with Crippen molar-refractivity contribution in [2.45, 2.75) is 32.7 Å². The molecule has 0 unspecified atom stereocenters. The normalized spacial score (nSPS) is 11.7. The number of halogens is 1. The summed E-state index contributed by atoms with van der Waals surface area (Å²) < 4.78 is 1.23. The second kappa shape index (κ2) is 7.20. The van der Waals surface area contributed by atoms with Crippen LogP contribution in [0.3, 0.4) is 0 Å². The van der Waals surface area contributed by atoms with Crippen LogP contribution < -0.4 is 5.32 Å². The third kappa shape index (κ3) is 5.50. The Bertz CT molecular complexity index is 304. The number of hydrogen-bond donors (Lipinski definition) is 1. The first-order valence-electron chi connectivity index (χ1n) is 5.30. The van der Waals surface area contributed by atoms with Crippen molar-refractivity contribution in [3.8, 4) is 0 Å². The molecule has 1 aromatic heterocycles. The van der Waals surface area contributed by atoms with Crippen LogP contribution in [0.2, 0.25) is 0 Å². The molecule has 1 nitrogen and oxygen atoms in total. The highest BCUT2D eigenvalue weighted by molar-refractivity contribution is 9.10. The first-order chi connectivity index (χ1) is 7.20. The van der Waals surface area contributed by atoms with Crippen LogP contribution in [0.5, 0.6) is 0 Å². The summed E-state index contributed by atoms with van der Waals surface area (Å²) in [6, 6.07) is 2.69. The van der Waals surface area contributed by atoms with E-state index in [1.807, 2.05) is 0 Å². The first-order valence-corrected chi connectivity index (χ1v) is 6.97. The van der Waals surface area contributed by atoms with Crippen molar-refractivity contribution >= 4 is 27.3 Å². The minimum atomic E-state index is 0.588. The minimum Gasteiger partial charge on any atom is -0.314 e. The molecule has 0 aromatic carbocycles. The Kier molecular flexibility index (Phi) is 6.22. The summed E-state index contributed by atoms with van der Waals surface area (Å²) >= 11 is 5.34. The summed E-state index contributed by atoms with van der Waals surface area (Å²) in [5.74, 6) is 0. The molecule has 0 radical (unpaired) electrons. The molecular weight excluding hydrogens is 270 g/mol. The predicted octanol–water partition coefficient (Wildman–Crippen LogP) is 4.00. The third-order valence-corrected chi connectivity index (χ3v) is 3.97. The van der Waals surface area contributed by atoms with E-state index in [1.54, 1.807) is 11.3 Å². The van der Waals surface area contributed by atoms with Gasteiger partial charge in [0.15, 0.2) is 0 Å². The Morgan fingerprint density at radius 1 is 1.47 bits per heavy atom. The van der Waals surface area contributed by atoms with Gasteiger partial charge in [-0.3, -0.25) is 0 Å². The second-order valence-corrected chi connectivity index (χ2v) is 5.62. The van der Waals surface area contributed by atoms with E-state index >= 15 is 0 Å². The molecule has 1 rings (SSSR count). The third-order valence-electron chi connectivity index (χ3n) is 2.02. The van der Waals surface area contributed by atoms with E-state index in [4.69, 9.17) is 0 Å². The maximum absolute atomic E-state index is 3.53. The van der Waals surface area contributed by atoms with Gasteiger partial charge in [0.25, 0.3) is 0 Å². The van der Waals surface area contributed by atoms with Crippen LogP contribution in [0.1, 0.15) is 25.1 Å². The maximum atomic E-state index is 3.53. The Labute approximate surface area is 105 Å². The highest BCUT2D eigenvalue weighted by Gasteiger charge is 1.97. The quantitative estimate of drug-likeness (QED) is 0.616. The fourth-order valence-electron chi connectivity index (χ4n) is 1.23. The molecule has 0 aliphatic heterocycles. The smallest absolute Gasteiger partial charge is 0.0317 e. The van der Waals surface area contributed by atoms with Crippen LogP contribution in [0.15, 0.2) is 28.1 Å². The van der Waals surface area contributed by atoms with Crippen molar-refractivity contribution in [3.63, 3.8) is 0 Å². The summed E-state index contributed by atoms with van der Waals surface area (Å²) in [5, 5.41) is 5.51. The van der Waals surface area contributed by atoms with E-state index in [-0.39, 0.29) is 0 Å². The first kappa shape index (κ1) is 12.9. The molecule has 0 saturated heterocycles. The second-order valence-electron chi connectivity index (χ2n) is 3.76. The fraction of sp³-hybridized carbons (Fsp3) is 0.500. The number of nitrogens with one attached hydrogen (secondary N) is 1. The Balaban J connectivity index is 2.15. The van der Waals surface area contributed by atoms with Crippen LogP contribution in [0.4, 0.5) is 0 Å². The average molecular weight is 288 g/mol. The Morgan fingerprint density at radius 2 is 2.27 bits per heavy atom. The van der Waals surface area contributed by atoms with Gasteiger partial charge in [0.05, 0.1) is 0 Å². The number of rotatable bonds is 6. The van der Waals surface area contributed by atoms with Crippen LogP contribution in [0.25, 0.3) is 0 Å². The molecule has 0 atom stereocenters. The SMILES string of the molecule is CC(C)NCCC=CCc1sccc1Br. The highest BCUT2D eigenvalue weighted by atomic mass is 79.9. The molecule has 0 amide bonds. The van der Waals surface area contributed by atoms with Gasteiger partial charge in [-0.15, -0.1) is 11.3 Å². The highest BCUT2D eigenvalue weighted by Crippen LogP contribution is 2.23. The lowest BCUT2D eigenvalue weighted by atomic mass is 10.3. The lowest BCUT2D eigenvalue weighted by Crippen LogP contribution is -2.23. The van der Waals surface area contributed by atoms with E-state index in [0.29, 0.717) is 6.04 Å². The van der Waals surface area contributed by atoms with Crippen molar-refractivity contribution in [1.29, 1.82) is 0 Å². The van der Waals surface area contributed by atoms with Crippen molar-refractivity contribution in [3.05, 3.63) is 32.9 Å². The van der Waals surface area contributed by atoms with E-state index in [9.17, 15) is 0 Å². The van der Waals surface area contributed by atoms with Crippen LogP contribution in [0, 0.1) is 0 Å². The molecule has 0 saturated carbocycles. The van der Waals surface area contributed by atoms with Gasteiger partial charge in [-0.05, 0) is 40.3 Å². The molecule has 0 bridgehead atoms. The van der Waals surface area contributed by atoms with Crippen molar-refractivity contribution < 1.29 is 0 Å². The lowest BCUT2D eigenvalue weighted by Gasteiger charge is -2.04. The zero-order chi connectivity index (χ0) is 11.1. The Hall–Kier alpha value is -0.120. The molecule has 0 aliphatic carbocycles. The van der Waals surface area contributed by atoms with Crippen LogP contribution >= 0.6 is 27.3 Å². The molecule has 15 heavy (non-hydrogen) atoms. The van der Waals surface area contributed by atoms with E-state index in [2.05, 4.69) is 58.7 Å². The van der Waals surface area contributed by atoms with Crippen molar-refractivity contribution in [2.24, 2.45) is 0 Å². The maximum Gasteiger partial charge on any atom is 0.0317 e. The van der Waals surface area contributed by atoms with Gasteiger partial charge in [0.2, 0.25) is 0 Å². The van der Waals surface area contributed by atoms with Crippen molar-refractivity contribution in [1.82, 2.24) is 5.32 Å². The summed E-state index contributed by atoms with van der Waals surface area (Å²) in [7, 11) is 0. The molecule has 84 valence electrons. The summed E-state index contributed by atoms with van der Waals surface area (Å²) in [6.45, 7) is 5.42. The summed E-state index contributed by atoms with van der Waals surface area (Å²) in [5.41, 5.74) is 0. The number of hydrogen-bond acceptors (Lipinski definition) is 2. The zero-order valence-electron chi connectivity index (χ0n) is 9.29. The average Bonchev–Trinajstić information content (AvgIpc) is 2.57. The van der Waals surface area contributed by atoms with E-state index < -0.39 is 0 Å². The van der Waals surface area contributed by atoms with Crippen molar-refractivity contribution in [2.75, 3.05) is 6.54 Å². The van der Waals surface area contributed by atoms with Crippen LogP contribution in [-0.2, 0) is 6.42 Å².